The van der Waals surface area contributed by atoms with Gasteiger partial charge in [-0.2, -0.15) is 5.10 Å². The van der Waals surface area contributed by atoms with Gasteiger partial charge in [-0.15, -0.1) is 0 Å². The van der Waals surface area contributed by atoms with Crippen molar-refractivity contribution in [2.24, 2.45) is 7.05 Å². The van der Waals surface area contributed by atoms with Crippen LogP contribution in [0.3, 0.4) is 0 Å². The monoisotopic (exact) mass is 383 g/mol. The molecule has 144 valence electrons. The van der Waals surface area contributed by atoms with Gasteiger partial charge in [0.05, 0.1) is 29.0 Å². The Morgan fingerprint density at radius 3 is 2.72 bits per heavy atom. The van der Waals surface area contributed by atoms with E-state index in [1.54, 1.807) is 10.9 Å². The molecule has 0 aliphatic carbocycles. The molecule has 4 aromatic rings. The molecule has 0 unspecified atom stereocenters. The molecule has 29 heavy (non-hydrogen) atoms. The van der Waals surface area contributed by atoms with Gasteiger partial charge in [-0.1, -0.05) is 24.3 Å². The third-order valence-corrected chi connectivity index (χ3v) is 5.54. The lowest BCUT2D eigenvalue weighted by Gasteiger charge is -2.25. The quantitative estimate of drug-likeness (QED) is 0.536. The minimum atomic E-state index is -0.00980. The van der Waals surface area contributed by atoms with Crippen molar-refractivity contribution in [3.63, 3.8) is 0 Å². The van der Waals surface area contributed by atoms with Crippen LogP contribution in [-0.4, -0.2) is 37.1 Å². The van der Waals surface area contributed by atoms with Crippen LogP contribution in [0.15, 0.2) is 67.3 Å². The zero-order chi connectivity index (χ0) is 19.8. The Labute approximate surface area is 168 Å². The molecule has 0 N–H and O–H groups in total. The van der Waals surface area contributed by atoms with Crippen molar-refractivity contribution in [2.45, 2.75) is 18.9 Å². The third-order valence-electron chi connectivity index (χ3n) is 5.54. The number of pyridine rings is 2. The first-order valence-electron chi connectivity index (χ1n) is 9.80. The molecule has 0 saturated carbocycles. The molecule has 0 bridgehead atoms. The van der Waals surface area contributed by atoms with Crippen LogP contribution in [0.25, 0.3) is 22.0 Å². The molecule has 6 nitrogen and oxygen atoms in total. The summed E-state index contributed by atoms with van der Waals surface area (Å²) in [6.45, 7) is 0.735. The maximum absolute atomic E-state index is 13.4. The van der Waals surface area contributed by atoms with E-state index in [0.717, 1.165) is 47.1 Å². The number of amides is 1. The summed E-state index contributed by atoms with van der Waals surface area (Å²) in [6, 6.07) is 13.7. The fourth-order valence-electron chi connectivity index (χ4n) is 4.09. The lowest BCUT2D eigenvalue weighted by Crippen LogP contribution is -2.31. The molecule has 1 saturated heterocycles. The van der Waals surface area contributed by atoms with Gasteiger partial charge in [0, 0.05) is 48.7 Å². The van der Waals surface area contributed by atoms with E-state index in [1.165, 1.54) is 0 Å². The number of fused-ring (bicyclic) bond motifs is 1. The molecule has 6 heteroatoms. The summed E-state index contributed by atoms with van der Waals surface area (Å²) < 4.78 is 1.78. The molecule has 1 fully saturated rings. The number of likely N-dealkylation sites (tertiary alicyclic amines) is 1. The van der Waals surface area contributed by atoms with Crippen LogP contribution >= 0.6 is 0 Å². The van der Waals surface area contributed by atoms with Crippen molar-refractivity contribution in [1.29, 1.82) is 0 Å². The minimum Gasteiger partial charge on any atom is -0.330 e. The summed E-state index contributed by atoms with van der Waals surface area (Å²) >= 11 is 0. The number of para-hydroxylation sites is 1. The second-order valence-corrected chi connectivity index (χ2v) is 7.41. The highest BCUT2D eigenvalue weighted by Crippen LogP contribution is 2.33. The molecule has 0 spiro atoms. The van der Waals surface area contributed by atoms with Crippen molar-refractivity contribution >= 4 is 16.8 Å². The predicted molar refractivity (Wildman–Crippen MR) is 111 cm³/mol. The lowest BCUT2D eigenvalue weighted by molar-refractivity contribution is 0.0734. The first-order valence-corrected chi connectivity index (χ1v) is 9.80. The van der Waals surface area contributed by atoms with Crippen LogP contribution in [0, 0.1) is 0 Å². The van der Waals surface area contributed by atoms with E-state index in [-0.39, 0.29) is 11.9 Å². The first kappa shape index (κ1) is 17.6. The smallest absolute Gasteiger partial charge is 0.256 e. The summed E-state index contributed by atoms with van der Waals surface area (Å²) in [6.07, 6.45) is 9.29. The van der Waals surface area contributed by atoms with Crippen molar-refractivity contribution in [2.75, 3.05) is 6.54 Å². The fourth-order valence-corrected chi connectivity index (χ4v) is 4.09. The van der Waals surface area contributed by atoms with Crippen LogP contribution in [0.1, 0.15) is 34.9 Å². The second-order valence-electron chi connectivity index (χ2n) is 7.41. The van der Waals surface area contributed by atoms with Crippen molar-refractivity contribution in [1.82, 2.24) is 24.6 Å². The number of hydrogen-bond acceptors (Lipinski definition) is 4. The summed E-state index contributed by atoms with van der Waals surface area (Å²) in [7, 11) is 1.90. The van der Waals surface area contributed by atoms with E-state index in [4.69, 9.17) is 0 Å². The standard InChI is InChI=1S/C23H21N5O/c1-27-15-18(14-26-27)17-9-10-20(25-13-17)21-8-4-12-28(21)23(29)19-7-2-5-16-6-3-11-24-22(16)19/h2-3,5-7,9-11,13-15,21H,4,8,12H2,1H3/t21-/m0/s1. The lowest BCUT2D eigenvalue weighted by atomic mass is 10.1. The summed E-state index contributed by atoms with van der Waals surface area (Å²) in [5.41, 5.74) is 4.40. The average Bonchev–Trinajstić information content (AvgIpc) is 3.42. The van der Waals surface area contributed by atoms with Gasteiger partial charge >= 0.3 is 0 Å². The largest absolute Gasteiger partial charge is 0.330 e. The molecule has 3 aromatic heterocycles. The topological polar surface area (TPSA) is 63.9 Å². The number of rotatable bonds is 3. The maximum atomic E-state index is 13.4. The normalized spacial score (nSPS) is 16.4. The maximum Gasteiger partial charge on any atom is 0.256 e. The number of aromatic nitrogens is 4. The van der Waals surface area contributed by atoms with Gasteiger partial charge < -0.3 is 4.90 Å². The molecule has 1 atom stereocenters. The Hall–Kier alpha value is -3.54. The van der Waals surface area contributed by atoms with Crippen molar-refractivity contribution in [3.8, 4) is 11.1 Å². The van der Waals surface area contributed by atoms with Gasteiger partial charge in [0.25, 0.3) is 5.91 Å². The molecule has 1 amide bonds. The molecule has 0 radical (unpaired) electrons. The zero-order valence-corrected chi connectivity index (χ0v) is 16.2. The first-order chi connectivity index (χ1) is 14.2. The van der Waals surface area contributed by atoms with Crippen molar-refractivity contribution < 1.29 is 4.79 Å². The molecule has 1 aliphatic rings. The van der Waals surface area contributed by atoms with Gasteiger partial charge in [-0.3, -0.25) is 19.4 Å². The Morgan fingerprint density at radius 2 is 1.93 bits per heavy atom. The van der Waals surface area contributed by atoms with Crippen LogP contribution in [0.4, 0.5) is 0 Å². The molecule has 4 heterocycles. The van der Waals surface area contributed by atoms with Crippen LogP contribution < -0.4 is 0 Å². The molecule has 5 rings (SSSR count). The molecule has 1 aliphatic heterocycles. The Morgan fingerprint density at radius 1 is 1.03 bits per heavy atom. The Kier molecular flexibility index (Phi) is 4.31. The van der Waals surface area contributed by atoms with Crippen LogP contribution in [-0.2, 0) is 7.05 Å². The van der Waals surface area contributed by atoms with Crippen molar-refractivity contribution in [3.05, 3.63) is 78.5 Å². The summed E-state index contributed by atoms with van der Waals surface area (Å²) in [5, 5.41) is 5.20. The molecular formula is C23H21N5O. The predicted octanol–water partition coefficient (Wildman–Crippen LogP) is 4.01. The van der Waals surface area contributed by atoms with E-state index < -0.39 is 0 Å². The highest BCUT2D eigenvalue weighted by molar-refractivity contribution is 6.05. The number of nitrogens with zero attached hydrogens (tertiary/aromatic N) is 5. The average molecular weight is 383 g/mol. The fraction of sp³-hybridized carbons (Fsp3) is 0.217. The van der Waals surface area contributed by atoms with Gasteiger partial charge in [0.15, 0.2) is 0 Å². The molecule has 1 aromatic carbocycles. The number of carbonyl (C=O) groups is 1. The SMILES string of the molecule is Cn1cc(-c2ccc([C@@H]3CCCN3C(=O)c3cccc4cccnc34)nc2)cn1. The number of aryl methyl sites for hydroxylation is 1. The van der Waals surface area contributed by atoms with E-state index in [0.29, 0.717) is 5.56 Å². The number of benzene rings is 1. The minimum absolute atomic E-state index is 0.00980. The van der Waals surface area contributed by atoms with Gasteiger partial charge in [-0.25, -0.2) is 0 Å². The highest BCUT2D eigenvalue weighted by Gasteiger charge is 2.32. The number of carbonyl (C=O) groups excluding carboxylic acids is 1. The van der Waals surface area contributed by atoms with E-state index >= 15 is 0 Å². The Balaban J connectivity index is 1.44. The van der Waals surface area contributed by atoms with E-state index in [9.17, 15) is 4.79 Å². The highest BCUT2D eigenvalue weighted by atomic mass is 16.2. The molecular weight excluding hydrogens is 362 g/mol. The van der Waals surface area contributed by atoms with Gasteiger partial charge in [-0.05, 0) is 31.0 Å². The van der Waals surface area contributed by atoms with E-state index in [2.05, 4.69) is 21.1 Å². The summed E-state index contributed by atoms with van der Waals surface area (Å²) in [5.74, 6) is 0.0231. The third kappa shape index (κ3) is 3.16. The number of hydrogen-bond donors (Lipinski definition) is 0. The second kappa shape index (κ2) is 7.13. The van der Waals surface area contributed by atoms with Gasteiger partial charge in [0.1, 0.15) is 0 Å². The van der Waals surface area contributed by atoms with E-state index in [1.807, 2.05) is 66.9 Å². The van der Waals surface area contributed by atoms with Crippen LogP contribution in [0.2, 0.25) is 0 Å². The zero-order valence-electron chi connectivity index (χ0n) is 16.2. The summed E-state index contributed by atoms with van der Waals surface area (Å²) in [4.78, 5) is 24.5. The van der Waals surface area contributed by atoms with Crippen LogP contribution in [0.5, 0.6) is 0 Å². The van der Waals surface area contributed by atoms with Gasteiger partial charge in [0.2, 0.25) is 0 Å². The Bertz CT molecular complexity index is 1180.